The molecule has 0 aliphatic rings. The number of hydrazone groups is 1. The van der Waals surface area contributed by atoms with Crippen LogP contribution >= 0.6 is 0 Å². The molecule has 1 N–H and O–H groups in total. The number of nitrogens with one attached hydrogen (secondary N) is 1. The van der Waals surface area contributed by atoms with Gasteiger partial charge in [-0.05, 0) is 64.9 Å². The highest BCUT2D eigenvalue weighted by molar-refractivity contribution is 6.07. The normalized spacial score (nSPS) is 10.8. The highest BCUT2D eigenvalue weighted by Crippen LogP contribution is 2.28. The van der Waals surface area contributed by atoms with Crippen molar-refractivity contribution in [3.8, 4) is 17.2 Å². The Bertz CT molecular complexity index is 1360. The molecule has 0 saturated heterocycles. The van der Waals surface area contributed by atoms with E-state index in [1.54, 1.807) is 48.5 Å². The van der Waals surface area contributed by atoms with Gasteiger partial charge in [0.15, 0.2) is 11.5 Å². The topological polar surface area (TPSA) is 86.2 Å². The minimum Gasteiger partial charge on any atom is -0.493 e. The van der Waals surface area contributed by atoms with Crippen molar-refractivity contribution in [1.82, 2.24) is 5.43 Å². The highest BCUT2D eigenvalue weighted by Gasteiger charge is 2.13. The molecular weight excluding hydrogens is 432 g/mol. The van der Waals surface area contributed by atoms with Crippen molar-refractivity contribution in [1.29, 1.82) is 0 Å². The molecule has 0 aromatic heterocycles. The largest absolute Gasteiger partial charge is 0.493 e. The van der Waals surface area contributed by atoms with Crippen LogP contribution in [0.25, 0.3) is 10.8 Å². The second-order valence-corrected chi connectivity index (χ2v) is 7.25. The number of hydrogen-bond acceptors (Lipinski definition) is 6. The van der Waals surface area contributed by atoms with Crippen LogP contribution in [0.4, 0.5) is 0 Å². The monoisotopic (exact) mass is 454 g/mol. The maximum atomic E-state index is 12.5. The number of fused-ring (bicyclic) bond motifs is 1. The van der Waals surface area contributed by atoms with Gasteiger partial charge in [-0.3, -0.25) is 4.79 Å². The van der Waals surface area contributed by atoms with Crippen molar-refractivity contribution in [3.63, 3.8) is 0 Å². The molecule has 170 valence electrons. The van der Waals surface area contributed by atoms with E-state index < -0.39 is 5.97 Å². The average Bonchev–Trinajstić information content (AvgIpc) is 2.88. The minimum absolute atomic E-state index is 0.298. The number of carbonyl (C=O) groups excluding carboxylic acids is 2. The van der Waals surface area contributed by atoms with Crippen LogP contribution in [0.5, 0.6) is 17.2 Å². The van der Waals surface area contributed by atoms with Gasteiger partial charge in [-0.15, -0.1) is 0 Å². The third-order valence-electron chi connectivity index (χ3n) is 5.12. The maximum Gasteiger partial charge on any atom is 0.343 e. The fourth-order valence-electron chi connectivity index (χ4n) is 3.40. The van der Waals surface area contributed by atoms with E-state index >= 15 is 0 Å². The van der Waals surface area contributed by atoms with Gasteiger partial charge >= 0.3 is 5.97 Å². The maximum absolute atomic E-state index is 12.5. The lowest BCUT2D eigenvalue weighted by Gasteiger charge is -2.09. The zero-order valence-electron chi connectivity index (χ0n) is 18.6. The van der Waals surface area contributed by atoms with E-state index in [4.69, 9.17) is 14.2 Å². The summed E-state index contributed by atoms with van der Waals surface area (Å²) in [4.78, 5) is 25.0. The van der Waals surface area contributed by atoms with Gasteiger partial charge in [0, 0.05) is 5.56 Å². The van der Waals surface area contributed by atoms with Gasteiger partial charge in [-0.1, -0.05) is 36.4 Å². The number of ether oxygens (including phenoxy) is 3. The first-order valence-corrected chi connectivity index (χ1v) is 10.4. The molecule has 1 amide bonds. The Kier molecular flexibility index (Phi) is 6.84. The Hall–Kier alpha value is -4.65. The first kappa shape index (κ1) is 22.5. The summed E-state index contributed by atoms with van der Waals surface area (Å²) < 4.78 is 15.8. The molecule has 34 heavy (non-hydrogen) atoms. The number of carbonyl (C=O) groups is 2. The van der Waals surface area contributed by atoms with Crippen molar-refractivity contribution in [2.24, 2.45) is 5.10 Å². The molecule has 7 nitrogen and oxygen atoms in total. The predicted octanol–water partition coefficient (Wildman–Crippen LogP) is 4.84. The van der Waals surface area contributed by atoms with Gasteiger partial charge in [0.2, 0.25) is 0 Å². The highest BCUT2D eigenvalue weighted by atomic mass is 16.5. The van der Waals surface area contributed by atoms with Crippen molar-refractivity contribution in [2.75, 3.05) is 14.2 Å². The molecule has 0 unspecified atom stereocenters. The number of methoxy groups -OCH3 is 2. The van der Waals surface area contributed by atoms with Crippen LogP contribution in [0.2, 0.25) is 0 Å². The van der Waals surface area contributed by atoms with Gasteiger partial charge in [0.1, 0.15) is 5.75 Å². The molecule has 0 fully saturated rings. The number of hydrogen-bond donors (Lipinski definition) is 1. The average molecular weight is 454 g/mol. The summed E-state index contributed by atoms with van der Waals surface area (Å²) >= 11 is 0. The van der Waals surface area contributed by atoms with E-state index in [-0.39, 0.29) is 5.91 Å². The lowest BCUT2D eigenvalue weighted by molar-refractivity contribution is 0.0734. The number of benzene rings is 4. The zero-order chi connectivity index (χ0) is 23.9. The van der Waals surface area contributed by atoms with E-state index in [0.717, 1.165) is 16.3 Å². The van der Waals surface area contributed by atoms with Crippen LogP contribution in [0.1, 0.15) is 26.3 Å². The fraction of sp³-hybridized carbons (Fsp3) is 0.0741. The van der Waals surface area contributed by atoms with Gasteiger partial charge in [-0.25, -0.2) is 10.2 Å². The van der Waals surface area contributed by atoms with Crippen LogP contribution in [0, 0.1) is 0 Å². The molecular formula is C27H22N2O5. The van der Waals surface area contributed by atoms with E-state index in [1.807, 2.05) is 36.4 Å². The van der Waals surface area contributed by atoms with Crippen LogP contribution in [0.3, 0.4) is 0 Å². The second-order valence-electron chi connectivity index (χ2n) is 7.25. The molecule has 0 heterocycles. The molecule has 0 aliphatic heterocycles. The van der Waals surface area contributed by atoms with Gasteiger partial charge in [0.25, 0.3) is 5.91 Å². The Balaban J connectivity index is 1.38. The molecule has 7 heteroatoms. The second kappa shape index (κ2) is 10.3. The number of nitrogens with zero attached hydrogens (tertiary/aromatic N) is 1. The van der Waals surface area contributed by atoms with Crippen LogP contribution in [-0.4, -0.2) is 32.3 Å². The molecule has 0 spiro atoms. The Labute approximate surface area is 196 Å². The molecule has 4 rings (SSSR count). The van der Waals surface area contributed by atoms with Crippen molar-refractivity contribution in [2.45, 2.75) is 0 Å². The fourth-order valence-corrected chi connectivity index (χ4v) is 3.40. The van der Waals surface area contributed by atoms with Crippen LogP contribution in [0.15, 0.2) is 90.0 Å². The summed E-state index contributed by atoms with van der Waals surface area (Å²) in [5.74, 6) is 0.513. The molecule has 0 atom stereocenters. The van der Waals surface area contributed by atoms with E-state index in [2.05, 4.69) is 10.5 Å². The SMILES string of the molecule is COc1ccc(C(=O)Oc2ccc(/C=N/NC(=O)c3cccc4ccccc34)cc2)cc1OC. The summed E-state index contributed by atoms with van der Waals surface area (Å²) in [5, 5.41) is 5.88. The third-order valence-corrected chi connectivity index (χ3v) is 5.12. The molecule has 0 bridgehead atoms. The number of rotatable bonds is 7. The summed E-state index contributed by atoms with van der Waals surface area (Å²) in [5.41, 5.74) is 4.16. The van der Waals surface area contributed by atoms with Gasteiger partial charge < -0.3 is 14.2 Å². The Morgan fingerprint density at radius 3 is 2.32 bits per heavy atom. The quantitative estimate of drug-likeness (QED) is 0.187. The van der Waals surface area contributed by atoms with Crippen LogP contribution < -0.4 is 19.6 Å². The van der Waals surface area contributed by atoms with Crippen molar-refractivity contribution >= 4 is 28.9 Å². The van der Waals surface area contributed by atoms with E-state index in [0.29, 0.717) is 28.4 Å². The van der Waals surface area contributed by atoms with Crippen molar-refractivity contribution in [3.05, 3.63) is 102 Å². The first-order chi connectivity index (χ1) is 16.6. The molecule has 4 aromatic rings. The summed E-state index contributed by atoms with van der Waals surface area (Å²) in [6, 6.07) is 24.8. The predicted molar refractivity (Wildman–Crippen MR) is 130 cm³/mol. The van der Waals surface area contributed by atoms with E-state index in [9.17, 15) is 9.59 Å². The summed E-state index contributed by atoms with van der Waals surface area (Å²) in [7, 11) is 3.02. The molecule has 0 aliphatic carbocycles. The first-order valence-electron chi connectivity index (χ1n) is 10.4. The van der Waals surface area contributed by atoms with Gasteiger partial charge in [-0.2, -0.15) is 5.10 Å². The molecule has 0 radical (unpaired) electrons. The van der Waals surface area contributed by atoms with Crippen LogP contribution in [-0.2, 0) is 0 Å². The third kappa shape index (κ3) is 5.05. The Morgan fingerprint density at radius 1 is 0.824 bits per heavy atom. The Morgan fingerprint density at radius 2 is 1.56 bits per heavy atom. The zero-order valence-corrected chi connectivity index (χ0v) is 18.6. The number of amides is 1. The molecule has 4 aromatic carbocycles. The smallest absolute Gasteiger partial charge is 0.343 e. The molecule has 0 saturated carbocycles. The lowest BCUT2D eigenvalue weighted by Crippen LogP contribution is -2.17. The summed E-state index contributed by atoms with van der Waals surface area (Å²) in [6.07, 6.45) is 1.52. The standard InChI is InChI=1S/C27H22N2O5/c1-32-24-15-12-20(16-25(24)33-2)27(31)34-21-13-10-18(11-14-21)17-28-29-26(30)23-9-5-7-19-6-3-4-8-22(19)23/h3-17H,1-2H3,(H,29,30)/b28-17+. The lowest BCUT2D eigenvalue weighted by atomic mass is 10.0. The van der Waals surface area contributed by atoms with Gasteiger partial charge in [0.05, 0.1) is 26.0 Å². The summed E-state index contributed by atoms with van der Waals surface area (Å²) in [6.45, 7) is 0. The number of esters is 1. The van der Waals surface area contributed by atoms with E-state index in [1.165, 1.54) is 20.4 Å². The minimum atomic E-state index is -0.523. The van der Waals surface area contributed by atoms with Crippen molar-refractivity contribution < 1.29 is 23.8 Å².